The first-order valence-corrected chi connectivity index (χ1v) is 12.3. The normalized spacial score (nSPS) is 15.9. The molecule has 0 radical (unpaired) electrons. The van der Waals surface area contributed by atoms with E-state index in [0.29, 0.717) is 53.3 Å². The minimum Gasteiger partial charge on any atom is -0.441 e. The maximum atomic E-state index is 13.6. The first-order valence-electron chi connectivity index (χ1n) is 11.8. The fourth-order valence-electron chi connectivity index (χ4n) is 4.42. The molecule has 37 heavy (non-hydrogen) atoms. The van der Waals surface area contributed by atoms with E-state index in [-0.39, 0.29) is 17.9 Å². The number of nitrogens with one attached hydrogen (secondary N) is 1. The Labute approximate surface area is 217 Å². The van der Waals surface area contributed by atoms with Crippen LogP contribution in [-0.4, -0.2) is 51.2 Å². The summed E-state index contributed by atoms with van der Waals surface area (Å²) in [5.41, 5.74) is 4.17. The monoisotopic (exact) mass is 524 g/mol. The summed E-state index contributed by atoms with van der Waals surface area (Å²) < 4.78 is 26.4. The van der Waals surface area contributed by atoms with E-state index < -0.39 is 11.9 Å². The quantitative estimate of drug-likeness (QED) is 0.249. The fourth-order valence-corrected chi connectivity index (χ4v) is 4.66. The van der Waals surface area contributed by atoms with Crippen LogP contribution in [0.4, 0.5) is 4.39 Å². The second kappa shape index (κ2) is 10.5. The van der Waals surface area contributed by atoms with E-state index in [1.54, 1.807) is 12.4 Å². The van der Waals surface area contributed by atoms with Crippen LogP contribution in [0.2, 0.25) is 0 Å². The van der Waals surface area contributed by atoms with Gasteiger partial charge in [-0.3, -0.25) is 4.79 Å². The van der Waals surface area contributed by atoms with Crippen molar-refractivity contribution in [1.82, 2.24) is 19.9 Å². The number of aliphatic hydroxyl groups excluding tert-OH is 1. The van der Waals surface area contributed by atoms with Gasteiger partial charge in [-0.2, -0.15) is 0 Å². The number of oxazole rings is 1. The number of nitrogens with zero attached hydrogens (tertiary/aromatic N) is 3. The molecule has 0 saturated carbocycles. The highest BCUT2D eigenvalue weighted by Crippen LogP contribution is 2.37. The molecule has 0 spiro atoms. The molecule has 5 rings (SSSR count). The van der Waals surface area contributed by atoms with Gasteiger partial charge in [0.25, 0.3) is 0 Å². The van der Waals surface area contributed by atoms with Crippen molar-refractivity contribution in [2.75, 3.05) is 25.7 Å². The summed E-state index contributed by atoms with van der Waals surface area (Å²) in [6.07, 6.45) is 7.09. The number of hydrogen-bond donors (Lipinski definition) is 2. The maximum Gasteiger partial charge on any atom is 0.247 e. The van der Waals surface area contributed by atoms with Gasteiger partial charge in [-0.05, 0) is 43.2 Å². The average molecular weight is 525 g/mol. The number of halogens is 2. The van der Waals surface area contributed by atoms with Gasteiger partial charge >= 0.3 is 0 Å². The van der Waals surface area contributed by atoms with Crippen molar-refractivity contribution in [3.05, 3.63) is 83.5 Å². The lowest BCUT2D eigenvalue weighted by Gasteiger charge is -2.40. The van der Waals surface area contributed by atoms with Crippen LogP contribution in [0.15, 0.2) is 65.3 Å². The van der Waals surface area contributed by atoms with Crippen molar-refractivity contribution in [1.29, 1.82) is 0 Å². The Morgan fingerprint density at radius 1 is 1.27 bits per heavy atom. The third-order valence-corrected chi connectivity index (χ3v) is 7.10. The molecule has 8 nitrogen and oxygen atoms in total. The van der Waals surface area contributed by atoms with E-state index in [1.165, 1.54) is 30.7 Å². The van der Waals surface area contributed by atoms with Crippen LogP contribution in [-0.2, 0) is 9.53 Å². The first-order chi connectivity index (χ1) is 17.9. The number of ether oxygens (including phenoxy) is 1. The number of alkyl halides is 1. The molecule has 1 aliphatic rings. The standard InChI is InChI=1S/C27H26ClFN4O4/c1-17-10-33(15-30-17)23-7-4-19(24-25(23)37-16-31-24)8-20(9-27(12-28)13-36-14-27)26(35)32-22(11-34)18-2-5-21(29)6-3-18/h2-8,10,15-16,22,34H,9,11-14H2,1H3,(H,32,35). The number of amides is 1. The minimum atomic E-state index is -0.708. The Hall–Kier alpha value is -3.53. The molecule has 1 atom stereocenters. The molecule has 2 aromatic heterocycles. The number of aryl methyl sites for hydroxylation is 1. The van der Waals surface area contributed by atoms with Crippen LogP contribution in [0, 0.1) is 18.2 Å². The van der Waals surface area contributed by atoms with Gasteiger partial charge in [-0.25, -0.2) is 14.4 Å². The van der Waals surface area contributed by atoms with Gasteiger partial charge in [0.15, 0.2) is 12.0 Å². The topological polar surface area (TPSA) is 102 Å². The lowest BCUT2D eigenvalue weighted by atomic mass is 9.80. The predicted octanol–water partition coefficient (Wildman–Crippen LogP) is 4.34. The Morgan fingerprint density at radius 2 is 2.05 bits per heavy atom. The van der Waals surface area contributed by atoms with Gasteiger partial charge in [0.2, 0.25) is 5.91 Å². The van der Waals surface area contributed by atoms with Gasteiger partial charge in [0.05, 0.1) is 43.6 Å². The molecule has 1 unspecified atom stereocenters. The second-order valence-electron chi connectivity index (χ2n) is 9.36. The smallest absolute Gasteiger partial charge is 0.247 e. The van der Waals surface area contributed by atoms with Crippen molar-refractivity contribution in [2.45, 2.75) is 19.4 Å². The number of rotatable bonds is 9. The van der Waals surface area contributed by atoms with Crippen LogP contribution >= 0.6 is 11.6 Å². The Bertz CT molecular complexity index is 1440. The Kier molecular flexibility index (Phi) is 7.10. The number of aromatic nitrogens is 3. The highest BCUT2D eigenvalue weighted by Gasteiger charge is 2.40. The van der Waals surface area contributed by atoms with E-state index in [1.807, 2.05) is 29.8 Å². The highest BCUT2D eigenvalue weighted by molar-refractivity contribution is 6.18. The van der Waals surface area contributed by atoms with Crippen molar-refractivity contribution in [3.63, 3.8) is 0 Å². The van der Waals surface area contributed by atoms with Gasteiger partial charge in [0, 0.05) is 28.6 Å². The number of benzene rings is 2. The Morgan fingerprint density at radius 3 is 2.68 bits per heavy atom. The third-order valence-electron chi connectivity index (χ3n) is 6.53. The predicted molar refractivity (Wildman–Crippen MR) is 137 cm³/mol. The SMILES string of the molecule is Cc1cn(-c2ccc(C=C(CC3(CCl)COC3)C(=O)NC(CO)c3ccc(F)cc3)c3ncoc23)cn1. The van der Waals surface area contributed by atoms with E-state index in [9.17, 15) is 14.3 Å². The lowest BCUT2D eigenvalue weighted by Crippen LogP contribution is -2.45. The number of carbonyl (C=O) groups excluding carboxylic acids is 1. The average Bonchev–Trinajstić information content (AvgIpc) is 3.54. The molecular weight excluding hydrogens is 499 g/mol. The molecule has 1 fully saturated rings. The van der Waals surface area contributed by atoms with E-state index in [4.69, 9.17) is 20.8 Å². The van der Waals surface area contributed by atoms with Crippen molar-refractivity contribution in [2.24, 2.45) is 5.41 Å². The molecule has 1 aliphatic heterocycles. The van der Waals surface area contributed by atoms with E-state index in [2.05, 4.69) is 15.3 Å². The molecule has 3 heterocycles. The molecule has 1 amide bonds. The van der Waals surface area contributed by atoms with Crippen LogP contribution in [0.5, 0.6) is 0 Å². The zero-order valence-electron chi connectivity index (χ0n) is 20.2. The summed E-state index contributed by atoms with van der Waals surface area (Å²) in [5, 5.41) is 12.8. The lowest BCUT2D eigenvalue weighted by molar-refractivity contribution is -0.121. The number of hydrogen-bond acceptors (Lipinski definition) is 6. The van der Waals surface area contributed by atoms with Crippen molar-refractivity contribution in [3.8, 4) is 5.69 Å². The zero-order valence-corrected chi connectivity index (χ0v) is 20.9. The van der Waals surface area contributed by atoms with Crippen LogP contribution in [0.3, 0.4) is 0 Å². The number of carbonyl (C=O) groups is 1. The molecule has 2 N–H and O–H groups in total. The number of imidazole rings is 1. The molecule has 0 aliphatic carbocycles. The van der Waals surface area contributed by atoms with Crippen LogP contribution in [0.25, 0.3) is 22.9 Å². The zero-order chi connectivity index (χ0) is 26.0. The first kappa shape index (κ1) is 25.1. The number of aliphatic hydroxyl groups is 1. The maximum absolute atomic E-state index is 13.6. The van der Waals surface area contributed by atoms with Gasteiger partial charge in [0.1, 0.15) is 11.3 Å². The summed E-state index contributed by atoms with van der Waals surface area (Å²) in [5.74, 6) is -0.435. The molecule has 4 aromatic rings. The summed E-state index contributed by atoms with van der Waals surface area (Å²) in [7, 11) is 0. The van der Waals surface area contributed by atoms with Crippen LogP contribution in [0.1, 0.15) is 29.3 Å². The summed E-state index contributed by atoms with van der Waals surface area (Å²) in [6.45, 7) is 2.45. The molecule has 2 aromatic carbocycles. The van der Waals surface area contributed by atoms with Crippen LogP contribution < -0.4 is 5.32 Å². The third kappa shape index (κ3) is 5.16. The summed E-state index contributed by atoms with van der Waals surface area (Å²) >= 11 is 6.27. The van der Waals surface area contributed by atoms with Gasteiger partial charge in [-0.1, -0.05) is 18.2 Å². The van der Waals surface area contributed by atoms with Crippen molar-refractivity contribution < 1.29 is 23.4 Å². The largest absolute Gasteiger partial charge is 0.441 e. The minimum absolute atomic E-state index is 0.331. The van der Waals surface area contributed by atoms with Crippen molar-refractivity contribution >= 4 is 34.7 Å². The molecule has 10 heteroatoms. The molecular formula is C27H26ClFN4O4. The Balaban J connectivity index is 1.51. The summed E-state index contributed by atoms with van der Waals surface area (Å²) in [4.78, 5) is 22.2. The molecule has 0 bridgehead atoms. The molecule has 192 valence electrons. The van der Waals surface area contributed by atoms with E-state index in [0.717, 1.165) is 11.4 Å². The van der Waals surface area contributed by atoms with E-state index >= 15 is 0 Å². The summed E-state index contributed by atoms with van der Waals surface area (Å²) in [6, 6.07) is 8.70. The van der Waals surface area contributed by atoms with Gasteiger partial charge < -0.3 is 24.1 Å². The highest BCUT2D eigenvalue weighted by atomic mass is 35.5. The second-order valence-corrected chi connectivity index (χ2v) is 9.63. The number of fused-ring (bicyclic) bond motifs is 1. The van der Waals surface area contributed by atoms with Gasteiger partial charge in [-0.15, -0.1) is 11.6 Å². The fraction of sp³-hybridized carbons (Fsp3) is 0.296. The molecule has 1 saturated heterocycles.